The van der Waals surface area contributed by atoms with Crippen molar-refractivity contribution in [1.82, 2.24) is 19.8 Å². The van der Waals surface area contributed by atoms with Gasteiger partial charge in [-0.3, -0.25) is 9.69 Å². The van der Waals surface area contributed by atoms with Crippen molar-refractivity contribution in [1.29, 1.82) is 5.26 Å². The number of alkyl halides is 4. The molecule has 7 rings (SSSR count). The number of halogens is 6. The minimum atomic E-state index is -5.12. The van der Waals surface area contributed by atoms with E-state index in [1.54, 1.807) is 16.8 Å². The highest BCUT2D eigenvalue weighted by Crippen LogP contribution is 2.48. The number of nitrogens with two attached hydrogens (primary N) is 1. The maximum Gasteiger partial charge on any atom is 0.417 e. The Labute approximate surface area is 300 Å². The summed E-state index contributed by atoms with van der Waals surface area (Å²) in [5, 5.41) is 9.19. The normalized spacial score (nSPS) is 23.1. The summed E-state index contributed by atoms with van der Waals surface area (Å²) in [5.74, 6) is -2.56. The van der Waals surface area contributed by atoms with E-state index >= 15 is 4.39 Å². The number of anilines is 2. The first kappa shape index (κ1) is 37.4. The summed E-state index contributed by atoms with van der Waals surface area (Å²) in [5.41, 5.74) is 1.86. The van der Waals surface area contributed by atoms with Crippen LogP contribution in [0, 0.1) is 28.9 Å². The smallest absolute Gasteiger partial charge is 0.417 e. The molecule has 4 atom stereocenters. The van der Waals surface area contributed by atoms with E-state index in [4.69, 9.17) is 10.5 Å². The molecule has 1 amide bonds. The monoisotopic (exact) mass is 747 g/mol. The van der Waals surface area contributed by atoms with Crippen LogP contribution in [0.4, 0.5) is 37.2 Å². The second-order valence-electron chi connectivity index (χ2n) is 13.5. The lowest BCUT2D eigenvalue weighted by Crippen LogP contribution is -2.43. The Balaban J connectivity index is 0.00000228. The van der Waals surface area contributed by atoms with Crippen molar-refractivity contribution in [3.05, 3.63) is 41.0 Å². The van der Waals surface area contributed by atoms with E-state index in [0.29, 0.717) is 30.8 Å². The Morgan fingerprint density at radius 1 is 1.21 bits per heavy atom. The third kappa shape index (κ3) is 6.25. The van der Waals surface area contributed by atoms with Crippen molar-refractivity contribution in [3.63, 3.8) is 0 Å². The molecule has 9 nitrogen and oxygen atoms in total. The van der Waals surface area contributed by atoms with Gasteiger partial charge in [-0.05, 0) is 43.0 Å². The summed E-state index contributed by atoms with van der Waals surface area (Å²) < 4.78 is 97.4. The topological polar surface area (TPSA) is 112 Å². The number of rotatable bonds is 6. The van der Waals surface area contributed by atoms with Gasteiger partial charge in [0.15, 0.2) is 5.82 Å². The molecule has 4 aromatic rings. The van der Waals surface area contributed by atoms with Gasteiger partial charge >= 0.3 is 12.2 Å². The average molecular weight is 748 g/mol. The number of hydrogen-bond donors (Lipinski definition) is 1. The molecule has 278 valence electrons. The predicted octanol–water partition coefficient (Wildman–Crippen LogP) is 7.55. The Morgan fingerprint density at radius 2 is 1.94 bits per heavy atom. The summed E-state index contributed by atoms with van der Waals surface area (Å²) in [6, 6.07) is 3.75. The predicted molar refractivity (Wildman–Crippen MR) is 188 cm³/mol. The number of nitrogens with zero attached hydrogens (tertiary/aromatic N) is 6. The second kappa shape index (κ2) is 13.9. The number of nitrogen functional groups attached to an aromatic ring is 1. The number of fused-ring (bicyclic) bond motifs is 3. The zero-order valence-electron chi connectivity index (χ0n) is 29.4. The number of amides is 1. The molecule has 52 heavy (non-hydrogen) atoms. The third-order valence-electron chi connectivity index (χ3n) is 10.5. The molecule has 16 heteroatoms. The Morgan fingerprint density at radius 3 is 2.60 bits per heavy atom. The SMILES string of the molecule is CC.CC(=O)N1CC(C)C(N(C)c2nc(OCC34CCCN3CC(F)C4)nc3c(F)c(-c4ccc(F)c5sc(N)c(C#N)c45)c(C(F)(F)F)cc23)C1. The second-order valence-corrected chi connectivity index (χ2v) is 14.6. The Hall–Kier alpha value is -4.36. The molecular formula is C36H39F6N7O2S. The van der Waals surface area contributed by atoms with Crippen LogP contribution in [0.5, 0.6) is 6.01 Å². The molecule has 2 aromatic carbocycles. The average Bonchev–Trinajstić information content (AvgIpc) is 3.85. The maximum absolute atomic E-state index is 17.1. The number of carbonyl (C=O) groups is 1. The molecule has 2 aromatic heterocycles. The highest BCUT2D eigenvalue weighted by molar-refractivity contribution is 7.23. The van der Waals surface area contributed by atoms with Crippen molar-refractivity contribution in [2.45, 2.75) is 70.9 Å². The van der Waals surface area contributed by atoms with Gasteiger partial charge in [0.25, 0.3) is 0 Å². The molecule has 3 aliphatic heterocycles. The van der Waals surface area contributed by atoms with Crippen LogP contribution < -0.4 is 15.4 Å². The van der Waals surface area contributed by atoms with Crippen LogP contribution in [0.15, 0.2) is 18.2 Å². The highest BCUT2D eigenvalue weighted by Gasteiger charge is 2.49. The summed E-state index contributed by atoms with van der Waals surface area (Å²) >= 11 is 0.678. The van der Waals surface area contributed by atoms with Gasteiger partial charge in [0.05, 0.1) is 27.4 Å². The quantitative estimate of drug-likeness (QED) is 0.202. The van der Waals surface area contributed by atoms with Crippen LogP contribution in [-0.4, -0.2) is 83.3 Å². The van der Waals surface area contributed by atoms with Crippen LogP contribution in [0.25, 0.3) is 32.1 Å². The number of carbonyl (C=O) groups excluding carboxylic acids is 1. The fraction of sp³-hybridized carbons (Fsp3) is 0.500. The van der Waals surface area contributed by atoms with E-state index in [9.17, 15) is 32.0 Å². The minimum absolute atomic E-state index is 0.0204. The summed E-state index contributed by atoms with van der Waals surface area (Å²) in [7, 11) is 1.61. The number of aromatic nitrogens is 2. The molecule has 0 bridgehead atoms. The molecule has 3 saturated heterocycles. The van der Waals surface area contributed by atoms with E-state index in [0.717, 1.165) is 24.6 Å². The Kier molecular flexibility index (Phi) is 9.99. The number of hydrogen-bond acceptors (Lipinski definition) is 9. The van der Waals surface area contributed by atoms with Crippen LogP contribution >= 0.6 is 11.3 Å². The fourth-order valence-electron chi connectivity index (χ4n) is 8.04. The number of benzene rings is 2. The van der Waals surface area contributed by atoms with Crippen LogP contribution in [0.3, 0.4) is 0 Å². The molecular weight excluding hydrogens is 708 g/mol. The van der Waals surface area contributed by atoms with Gasteiger partial charge in [0.1, 0.15) is 41.0 Å². The highest BCUT2D eigenvalue weighted by atomic mass is 32.1. The van der Waals surface area contributed by atoms with E-state index in [1.165, 1.54) is 6.92 Å². The lowest BCUT2D eigenvalue weighted by Gasteiger charge is -2.32. The zero-order valence-corrected chi connectivity index (χ0v) is 30.2. The molecule has 4 unspecified atom stereocenters. The van der Waals surface area contributed by atoms with Crippen LogP contribution in [0.1, 0.15) is 58.1 Å². The lowest BCUT2D eigenvalue weighted by molar-refractivity contribution is -0.137. The van der Waals surface area contributed by atoms with E-state index in [-0.39, 0.29) is 81.4 Å². The molecule has 5 heterocycles. The van der Waals surface area contributed by atoms with Crippen molar-refractivity contribution in [3.8, 4) is 23.2 Å². The molecule has 3 fully saturated rings. The third-order valence-corrected chi connectivity index (χ3v) is 11.5. The standard InChI is InChI=1S/C34H33F6N7O2S.C2H6/c1-16-12-46(17(2)48)14-24(16)45(3)31-20-9-22(34(38,39)40)26(19-5-6-23(36)29-25(19)21(11-41)30(42)50-29)27(37)28(20)43-32(44-31)49-15-33-7-4-8-47(33)13-18(35)10-33;1-2/h5-6,9,16,18,24H,4,7-8,10,12-15,42H2,1-3H3;1-2H3. The first-order chi connectivity index (χ1) is 24.6. The number of nitriles is 1. The van der Waals surface area contributed by atoms with Crippen LogP contribution in [0.2, 0.25) is 0 Å². The number of likely N-dealkylation sites (tertiary alicyclic amines) is 1. The Bertz CT molecular complexity index is 2080. The van der Waals surface area contributed by atoms with Gasteiger partial charge in [-0.25, -0.2) is 13.2 Å². The van der Waals surface area contributed by atoms with Gasteiger partial charge < -0.3 is 20.3 Å². The lowest BCUT2D eigenvalue weighted by atomic mass is 9.92. The molecule has 0 aliphatic carbocycles. The van der Waals surface area contributed by atoms with Crippen molar-refractivity contribution < 1.29 is 35.9 Å². The number of likely N-dealkylation sites (N-methyl/N-ethyl adjacent to an activating group) is 1. The van der Waals surface area contributed by atoms with E-state index in [2.05, 4.69) is 9.97 Å². The van der Waals surface area contributed by atoms with Crippen molar-refractivity contribution in [2.24, 2.45) is 5.92 Å². The number of thiophene rings is 1. The molecule has 2 N–H and O–H groups in total. The first-order valence-corrected chi connectivity index (χ1v) is 18.0. The van der Waals surface area contributed by atoms with Crippen molar-refractivity contribution in [2.75, 3.05) is 50.5 Å². The van der Waals surface area contributed by atoms with Crippen LogP contribution in [-0.2, 0) is 11.0 Å². The van der Waals surface area contributed by atoms with Crippen molar-refractivity contribution >= 4 is 49.1 Å². The summed E-state index contributed by atoms with van der Waals surface area (Å²) in [4.78, 5) is 26.3. The van der Waals surface area contributed by atoms with Gasteiger partial charge in [0.2, 0.25) is 5.91 Å². The fourth-order valence-corrected chi connectivity index (χ4v) is 8.98. The van der Waals surface area contributed by atoms with Gasteiger partial charge in [-0.15, -0.1) is 11.3 Å². The van der Waals surface area contributed by atoms with E-state index in [1.807, 2.05) is 31.7 Å². The summed E-state index contributed by atoms with van der Waals surface area (Å²) in [6.07, 6.45) is -4.45. The number of ether oxygens (including phenoxy) is 1. The van der Waals surface area contributed by atoms with Gasteiger partial charge in [0, 0.05) is 56.4 Å². The van der Waals surface area contributed by atoms with E-state index < -0.39 is 52.2 Å². The van der Waals surface area contributed by atoms with Gasteiger partial charge in [-0.1, -0.05) is 26.8 Å². The van der Waals surface area contributed by atoms with Gasteiger partial charge in [-0.2, -0.15) is 28.4 Å². The first-order valence-electron chi connectivity index (χ1n) is 17.2. The maximum atomic E-state index is 17.1. The molecule has 0 spiro atoms. The molecule has 3 aliphatic rings. The summed E-state index contributed by atoms with van der Waals surface area (Å²) in [6.45, 7) is 8.89. The minimum Gasteiger partial charge on any atom is -0.461 e. The zero-order chi connectivity index (χ0) is 37.9. The molecule has 0 radical (unpaired) electrons. The molecule has 0 saturated carbocycles. The largest absolute Gasteiger partial charge is 0.461 e.